The van der Waals surface area contributed by atoms with E-state index in [9.17, 15) is 185 Å². The highest BCUT2D eigenvalue weighted by Crippen LogP contribution is 2.42. The van der Waals surface area contributed by atoms with Gasteiger partial charge in [-0.2, -0.15) is 25.3 Å². The first kappa shape index (κ1) is 115. The summed E-state index contributed by atoms with van der Waals surface area (Å²) in [6.45, 7) is -8.50. The van der Waals surface area contributed by atoms with Crippen molar-refractivity contribution in [2.45, 2.75) is 341 Å². The molecule has 50 atom stereocenters. The fourth-order valence-corrected chi connectivity index (χ4v) is 17.8. The number of carbonyl (C=O) groups excluding carboxylic acids is 5. The lowest BCUT2D eigenvalue weighted by molar-refractivity contribution is -0.390. The van der Waals surface area contributed by atoms with Crippen LogP contribution in [0.4, 0.5) is 0 Å². The Labute approximate surface area is 779 Å². The second-order valence-corrected chi connectivity index (χ2v) is 36.5. The maximum atomic E-state index is 13.2. The van der Waals surface area contributed by atoms with Crippen LogP contribution in [0, 0.1) is 0 Å². The maximum absolute atomic E-state index is 13.2. The van der Waals surface area contributed by atoms with Crippen LogP contribution in [0.15, 0.2) is 0 Å². The van der Waals surface area contributed by atoms with Gasteiger partial charge in [0.15, 0.2) is 62.9 Å². The molecule has 0 unspecified atom stereocenters. The molecule has 10 rings (SSSR count). The summed E-state index contributed by atoms with van der Waals surface area (Å²) in [5.41, 5.74) is 0. The predicted molar refractivity (Wildman–Crippen MR) is 419 cm³/mol. The highest BCUT2D eigenvalue weighted by Gasteiger charge is 2.63. The molecule has 32 N–H and O–H groups in total. The summed E-state index contributed by atoms with van der Waals surface area (Å²) in [6.07, 6.45) is -102. The molecule has 0 aromatic carbocycles. The van der Waals surface area contributed by atoms with Gasteiger partial charge >= 0.3 is 31.2 Å². The molecule has 138 heavy (non-hydrogen) atoms. The Balaban J connectivity index is 0.883. The van der Waals surface area contributed by atoms with Crippen molar-refractivity contribution in [2.75, 3.05) is 66.1 Å². The van der Waals surface area contributed by atoms with Gasteiger partial charge in [-0.05, 0) is 0 Å². The summed E-state index contributed by atoms with van der Waals surface area (Å²) in [5, 5.41) is 282. The van der Waals surface area contributed by atoms with Gasteiger partial charge < -0.3 is 239 Å². The fourth-order valence-electron chi connectivity index (χ4n) is 16.9. The standard InChI is InChI=1S/C70H117N5O60S3/c1-16(83)71-31-42(94)52(27(12-82)123-62(31)132-60-41(93)26(11-81)122-70(51(60)103)131-56-35(75-20(5)87)61(104)117-22(7-77)37(56)89)127-67-48(100)57(38(90)23(8-78)119-67)133-64-33(73-18(3)85)44(96)54(29(125-64)14-115-137(108,109)110)129-69-50(102)59(40(92)25(10-80)121-69)135-65-34(74-19(4)86)45(97)55(30(126-65)15-116-138(111,112)113)130-68-49(101)58(39(91)24(9-79)120-68)134-63-32(72-17(2)84)43(95)53(28(124-63)13-114-136(105,106)107)128-66-47(99)46(98)36(88)21(6-76)118-66/h21-70,76-82,88-104H,6-15H2,1-5H3,(H,71,83)(H,72,84)(H,73,85)(H,74,86)(H,75,87)(H,105,106,107)(H,108,109,110)(H,111,112,113)/t21-,22-,23-,24-,25-,26-,27-,28-,29-,30-,31-,32-,33-,34-,35-,36+,37+,38+,39+,40+,41+,42-,43-,44-,45-,46+,47-,48-,49-,50-,51-,52-,53-,54-,55-,56-,57+,58+,59+,60+,61-,62+,63+,64+,65+,66+,67+,68+,69+,70+/m1/s1. The highest BCUT2D eigenvalue weighted by atomic mass is 32.3. The van der Waals surface area contributed by atoms with Gasteiger partial charge in [-0.1, -0.05) is 0 Å². The van der Waals surface area contributed by atoms with Crippen LogP contribution in [0.2, 0.25) is 0 Å². The molecule has 0 aromatic heterocycles. The van der Waals surface area contributed by atoms with Crippen molar-refractivity contribution >= 4 is 60.7 Å². The lowest BCUT2D eigenvalue weighted by Crippen LogP contribution is -2.71. The van der Waals surface area contributed by atoms with Crippen molar-refractivity contribution in [2.24, 2.45) is 0 Å². The molecule has 800 valence electrons. The molecule has 10 aliphatic heterocycles. The third-order valence-electron chi connectivity index (χ3n) is 23.5. The van der Waals surface area contributed by atoms with Crippen molar-refractivity contribution < 1.29 is 288 Å². The van der Waals surface area contributed by atoms with Crippen LogP contribution >= 0.6 is 0 Å². The van der Waals surface area contributed by atoms with Gasteiger partial charge in [0, 0.05) is 34.6 Å². The van der Waals surface area contributed by atoms with Gasteiger partial charge in [0.05, 0.1) is 66.1 Å². The molecule has 10 saturated heterocycles. The monoisotopic (exact) mass is 2080 g/mol. The summed E-state index contributed by atoms with van der Waals surface area (Å²) in [7, 11) is -16.8. The maximum Gasteiger partial charge on any atom is 0.397 e. The first-order chi connectivity index (χ1) is 64.6. The number of hydrogen-bond acceptors (Lipinski definition) is 57. The number of carbonyl (C=O) groups is 5. The molecule has 10 heterocycles. The van der Waals surface area contributed by atoms with Crippen molar-refractivity contribution in [3.63, 3.8) is 0 Å². The van der Waals surface area contributed by atoms with Gasteiger partial charge in [-0.3, -0.25) is 37.6 Å². The number of ether oxygens (including phenoxy) is 19. The highest BCUT2D eigenvalue weighted by molar-refractivity contribution is 7.81. The number of nitrogens with one attached hydrogen (secondary N) is 5. The normalized spacial score (nSPS) is 45.6. The van der Waals surface area contributed by atoms with Crippen LogP contribution in [-0.4, -0.2) is 564 Å². The Morgan fingerprint density at radius 2 is 0.406 bits per heavy atom. The minimum absolute atomic E-state index is 0.785. The average Bonchev–Trinajstić information content (AvgIpc) is 0.758. The minimum Gasteiger partial charge on any atom is -0.394 e. The minimum atomic E-state index is -5.67. The smallest absolute Gasteiger partial charge is 0.394 e. The first-order valence-electron chi connectivity index (χ1n) is 42.1. The van der Waals surface area contributed by atoms with E-state index in [0.717, 1.165) is 34.6 Å². The number of rotatable bonds is 39. The summed E-state index contributed by atoms with van der Waals surface area (Å²) in [5.74, 6) is -5.17. The molecular weight excluding hydrogens is 1970 g/mol. The predicted octanol–water partition coefficient (Wildman–Crippen LogP) is -22.6. The van der Waals surface area contributed by atoms with Gasteiger partial charge in [0.1, 0.15) is 244 Å². The number of hydrogen-bond donors (Lipinski definition) is 32. The van der Waals surface area contributed by atoms with Crippen molar-refractivity contribution in [3.05, 3.63) is 0 Å². The lowest BCUT2D eigenvalue weighted by atomic mass is 9.93. The molecule has 5 amide bonds. The lowest BCUT2D eigenvalue weighted by Gasteiger charge is -2.51. The Morgan fingerprint density at radius 1 is 0.217 bits per heavy atom. The van der Waals surface area contributed by atoms with E-state index in [4.69, 9.17) is 90.0 Å². The second-order valence-electron chi connectivity index (χ2n) is 33.3. The Morgan fingerprint density at radius 3 is 0.645 bits per heavy atom. The fraction of sp³-hybridized carbons (Fsp3) is 0.929. The number of aliphatic hydroxyl groups is 24. The Bertz CT molecular complexity index is 4290. The summed E-state index contributed by atoms with van der Waals surface area (Å²) >= 11 is 0. The zero-order valence-electron chi connectivity index (χ0n) is 72.7. The third-order valence-corrected chi connectivity index (χ3v) is 24.8. The molecule has 0 radical (unpaired) electrons. The summed E-state index contributed by atoms with van der Waals surface area (Å²) < 4.78 is 227. The van der Waals surface area contributed by atoms with Crippen LogP contribution in [0.25, 0.3) is 0 Å². The SMILES string of the molecule is CC(=O)N[C@@H]1[C@@H](O[C@@H]2O[C@H](CO)[C@H](O)[C@H](O[C@@H]3O[C@H](CO)[C@@H](O[C@@H]4O[C@H](CO)[C@H](O)[C@H](O[C@@H]5O[C@H](COS(=O)(=O)O)[C@@H](O[C@@H]6O[C@H](CO)[C@H](O)[C@H](O[C@@H]7O[C@H](COS(=O)(=O)O)[C@@H](O[C@@H]8O[C@H](CO)[C@H](O)[C@H](O[C@@H]9O[C@H](COS(=O)(=O)O)[C@@H](O[C@@H]%10O[C@H](CO)[C@H](O)[C@H](O)[C@H]%10O)[C@H](O)[C@H]9NC(C)=O)[C@H]8O)[C@H](O)[C@H]7NC(C)=O)[C@H]6O)[C@H](O)[C@H]5NC(C)=O)[C@H]4O)[C@H](O)[C@H]3NC(C)=O)[C@H]2O)[C@@H](O)[C@@H](CO)O[C@H]1O. The van der Waals surface area contributed by atoms with Crippen LogP contribution in [0.3, 0.4) is 0 Å². The van der Waals surface area contributed by atoms with Crippen LogP contribution < -0.4 is 26.6 Å². The molecule has 0 bridgehead atoms. The first-order valence-corrected chi connectivity index (χ1v) is 46.2. The van der Waals surface area contributed by atoms with E-state index in [1.165, 1.54) is 0 Å². The molecule has 0 aliphatic carbocycles. The van der Waals surface area contributed by atoms with E-state index in [0.29, 0.717) is 0 Å². The summed E-state index contributed by atoms with van der Waals surface area (Å²) in [6, 6.07) is -10.3. The van der Waals surface area contributed by atoms with Crippen molar-refractivity contribution in [1.82, 2.24) is 26.6 Å². The third kappa shape index (κ3) is 27.7. The molecule has 10 aliphatic rings. The van der Waals surface area contributed by atoms with Crippen molar-refractivity contribution in [3.8, 4) is 0 Å². The van der Waals surface area contributed by atoms with Gasteiger partial charge in [0.25, 0.3) is 0 Å². The molecule has 0 aromatic rings. The van der Waals surface area contributed by atoms with E-state index in [2.05, 4.69) is 39.1 Å². The van der Waals surface area contributed by atoms with Crippen LogP contribution in [-0.2, 0) is 158 Å². The zero-order chi connectivity index (χ0) is 102. The molecular formula is C70H117N5O60S3. The molecule has 0 saturated carbocycles. The number of aliphatic hydroxyl groups excluding tert-OH is 24. The van der Waals surface area contributed by atoms with E-state index in [-0.39, 0.29) is 0 Å². The van der Waals surface area contributed by atoms with Gasteiger partial charge in [-0.15, -0.1) is 0 Å². The van der Waals surface area contributed by atoms with E-state index in [1.54, 1.807) is 0 Å². The Kier molecular flexibility index (Phi) is 41.0. The molecule has 65 nitrogen and oxygen atoms in total. The molecule has 68 heteroatoms. The largest absolute Gasteiger partial charge is 0.397 e. The van der Waals surface area contributed by atoms with Crippen LogP contribution in [0.1, 0.15) is 34.6 Å². The quantitative estimate of drug-likeness (QED) is 0.0254. The van der Waals surface area contributed by atoms with Gasteiger partial charge in [0.2, 0.25) is 29.5 Å². The van der Waals surface area contributed by atoms with Crippen LogP contribution in [0.5, 0.6) is 0 Å². The van der Waals surface area contributed by atoms with E-state index < -0.39 is 434 Å². The van der Waals surface area contributed by atoms with E-state index in [1.807, 2.05) is 0 Å². The zero-order valence-corrected chi connectivity index (χ0v) is 75.2. The molecule has 0 spiro atoms. The molecule has 10 fully saturated rings. The van der Waals surface area contributed by atoms with Gasteiger partial charge in [-0.25, -0.2) is 12.5 Å². The van der Waals surface area contributed by atoms with E-state index >= 15 is 0 Å². The van der Waals surface area contributed by atoms with Crippen molar-refractivity contribution in [1.29, 1.82) is 0 Å². The summed E-state index contributed by atoms with van der Waals surface area (Å²) in [4.78, 5) is 64.4. The average molecular weight is 2080 g/mol. The Hall–Kier alpha value is -4.76. The topological polar surface area (TPSA) is 997 Å². The number of amides is 5. The second kappa shape index (κ2) is 49.2.